The molecule has 0 N–H and O–H groups in total. The van der Waals surface area contributed by atoms with Crippen molar-refractivity contribution in [2.45, 2.75) is 52.2 Å². The smallest absolute Gasteiger partial charge is 0.417 e. The van der Waals surface area contributed by atoms with Gasteiger partial charge in [0.05, 0.1) is 14.2 Å². The van der Waals surface area contributed by atoms with Gasteiger partial charge in [-0.2, -0.15) is 0 Å². The highest BCUT2D eigenvalue weighted by Crippen LogP contribution is 2.16. The molecular formula is C14H23NO7. The van der Waals surface area contributed by atoms with Crippen LogP contribution in [0.25, 0.3) is 0 Å². The predicted octanol–water partition coefficient (Wildman–Crippen LogP) is 1.26. The molecular weight excluding hydrogens is 294 g/mol. The maximum atomic E-state index is 12.1. The minimum atomic E-state index is -1.25. The highest BCUT2D eigenvalue weighted by atomic mass is 16.6. The van der Waals surface area contributed by atoms with Crippen molar-refractivity contribution in [1.29, 1.82) is 0 Å². The van der Waals surface area contributed by atoms with E-state index >= 15 is 0 Å². The van der Waals surface area contributed by atoms with Crippen LogP contribution >= 0.6 is 0 Å². The Bertz CT molecular complexity index is 439. The maximum Gasteiger partial charge on any atom is 0.417 e. The van der Waals surface area contributed by atoms with Crippen LogP contribution in [0.4, 0.5) is 4.79 Å². The van der Waals surface area contributed by atoms with Crippen molar-refractivity contribution in [2.24, 2.45) is 0 Å². The molecule has 0 aliphatic carbocycles. The van der Waals surface area contributed by atoms with E-state index in [0.717, 1.165) is 14.0 Å². The SMILES string of the molecule is COC(=O)CC[C@@H](C(=O)OC)N(C(C)=O)C(=O)OC(C)(C)C. The number of hydrogen-bond donors (Lipinski definition) is 0. The van der Waals surface area contributed by atoms with Crippen molar-refractivity contribution in [3.63, 3.8) is 0 Å². The van der Waals surface area contributed by atoms with Crippen LogP contribution in [0, 0.1) is 0 Å². The molecule has 0 fully saturated rings. The third kappa shape index (κ3) is 6.55. The van der Waals surface area contributed by atoms with Crippen molar-refractivity contribution in [1.82, 2.24) is 4.90 Å². The molecule has 0 aromatic heterocycles. The number of carbonyl (C=O) groups excluding carboxylic acids is 4. The van der Waals surface area contributed by atoms with Crippen LogP contribution in [-0.4, -0.2) is 54.7 Å². The van der Waals surface area contributed by atoms with E-state index in [9.17, 15) is 19.2 Å². The van der Waals surface area contributed by atoms with Crippen molar-refractivity contribution in [3.8, 4) is 0 Å². The van der Waals surface area contributed by atoms with Crippen LogP contribution < -0.4 is 0 Å². The third-order valence-electron chi connectivity index (χ3n) is 2.56. The van der Waals surface area contributed by atoms with E-state index in [1.54, 1.807) is 20.8 Å². The van der Waals surface area contributed by atoms with E-state index in [2.05, 4.69) is 9.47 Å². The molecule has 0 aromatic carbocycles. The Hall–Kier alpha value is -2.12. The van der Waals surface area contributed by atoms with E-state index in [4.69, 9.17) is 4.74 Å². The Morgan fingerprint density at radius 3 is 1.95 bits per heavy atom. The summed E-state index contributed by atoms with van der Waals surface area (Å²) in [5.74, 6) is -2.07. The first-order valence-corrected chi connectivity index (χ1v) is 6.71. The molecule has 2 amide bonds. The first kappa shape index (κ1) is 19.9. The van der Waals surface area contributed by atoms with E-state index in [0.29, 0.717) is 4.90 Å². The molecule has 8 nitrogen and oxygen atoms in total. The molecule has 0 rings (SSSR count). The summed E-state index contributed by atoms with van der Waals surface area (Å²) in [5.41, 5.74) is -0.839. The standard InChI is InChI=1S/C14H23NO7/c1-9(16)15(13(19)22-14(2,3)4)10(12(18)21-6)7-8-11(17)20-5/h10H,7-8H2,1-6H3/t10-/m0/s1. The first-order chi connectivity index (χ1) is 10.0. The topological polar surface area (TPSA) is 99.2 Å². The fourth-order valence-electron chi connectivity index (χ4n) is 1.63. The maximum absolute atomic E-state index is 12.1. The van der Waals surface area contributed by atoms with E-state index in [1.165, 1.54) is 7.11 Å². The molecule has 22 heavy (non-hydrogen) atoms. The van der Waals surface area contributed by atoms with Crippen LogP contribution in [0.2, 0.25) is 0 Å². The van der Waals surface area contributed by atoms with Gasteiger partial charge in [0.2, 0.25) is 5.91 Å². The molecule has 0 radical (unpaired) electrons. The number of carbonyl (C=O) groups is 4. The predicted molar refractivity (Wildman–Crippen MR) is 75.8 cm³/mol. The van der Waals surface area contributed by atoms with Crippen molar-refractivity contribution >= 4 is 23.9 Å². The zero-order valence-electron chi connectivity index (χ0n) is 13.8. The van der Waals surface area contributed by atoms with Gasteiger partial charge >= 0.3 is 18.0 Å². The summed E-state index contributed by atoms with van der Waals surface area (Å²) in [7, 11) is 2.33. The minimum absolute atomic E-state index is 0.113. The van der Waals surface area contributed by atoms with Crippen LogP contribution in [0.1, 0.15) is 40.5 Å². The second-order valence-corrected chi connectivity index (χ2v) is 5.52. The number of nitrogens with zero attached hydrogens (tertiary/aromatic N) is 1. The quantitative estimate of drug-likeness (QED) is 0.556. The lowest BCUT2D eigenvalue weighted by atomic mass is 10.1. The summed E-state index contributed by atoms with van der Waals surface area (Å²) in [6.45, 7) is 6.01. The van der Waals surface area contributed by atoms with Crippen LogP contribution in [0.3, 0.4) is 0 Å². The third-order valence-corrected chi connectivity index (χ3v) is 2.56. The molecule has 0 bridgehead atoms. The normalized spacial score (nSPS) is 12.1. The van der Waals surface area contributed by atoms with Crippen LogP contribution in [0.5, 0.6) is 0 Å². The van der Waals surface area contributed by atoms with Crippen LogP contribution in [-0.2, 0) is 28.6 Å². The number of imide groups is 1. The van der Waals surface area contributed by atoms with Crippen LogP contribution in [0.15, 0.2) is 0 Å². The number of ether oxygens (including phenoxy) is 3. The number of esters is 2. The molecule has 0 spiro atoms. The van der Waals surface area contributed by atoms with E-state index < -0.39 is 35.6 Å². The zero-order valence-corrected chi connectivity index (χ0v) is 13.8. The highest BCUT2D eigenvalue weighted by molar-refractivity contribution is 5.96. The molecule has 126 valence electrons. The van der Waals surface area contributed by atoms with Crippen molar-refractivity contribution in [3.05, 3.63) is 0 Å². The van der Waals surface area contributed by atoms with Gasteiger partial charge < -0.3 is 14.2 Å². The number of amides is 2. The van der Waals surface area contributed by atoms with Gasteiger partial charge in [-0.15, -0.1) is 0 Å². The fourth-order valence-corrected chi connectivity index (χ4v) is 1.63. The molecule has 1 atom stereocenters. The monoisotopic (exact) mass is 317 g/mol. The molecule has 0 aromatic rings. The minimum Gasteiger partial charge on any atom is -0.469 e. The lowest BCUT2D eigenvalue weighted by Gasteiger charge is -2.29. The number of rotatable bonds is 5. The molecule has 8 heteroatoms. The summed E-state index contributed by atoms with van der Waals surface area (Å²) < 4.78 is 14.2. The molecule has 0 aliphatic heterocycles. The molecule has 0 saturated heterocycles. The van der Waals surface area contributed by atoms with Gasteiger partial charge in [0.25, 0.3) is 0 Å². The van der Waals surface area contributed by atoms with Gasteiger partial charge in [0.1, 0.15) is 11.6 Å². The number of methoxy groups -OCH3 is 2. The Kier molecular flexibility index (Phi) is 7.55. The second kappa shape index (κ2) is 8.35. The summed E-state index contributed by atoms with van der Waals surface area (Å²) in [4.78, 5) is 47.6. The van der Waals surface area contributed by atoms with E-state index in [-0.39, 0.29) is 12.8 Å². The summed E-state index contributed by atoms with van der Waals surface area (Å²) in [5, 5.41) is 0. The average Bonchev–Trinajstić information content (AvgIpc) is 2.39. The van der Waals surface area contributed by atoms with Gasteiger partial charge in [-0.3, -0.25) is 9.59 Å². The van der Waals surface area contributed by atoms with Gasteiger partial charge in [-0.25, -0.2) is 14.5 Å². The molecule has 0 unspecified atom stereocenters. The van der Waals surface area contributed by atoms with Crippen molar-refractivity contribution < 1.29 is 33.4 Å². The summed E-state index contributed by atoms with van der Waals surface area (Å²) in [6.07, 6.45) is -1.23. The lowest BCUT2D eigenvalue weighted by molar-refractivity contribution is -0.152. The van der Waals surface area contributed by atoms with Gasteiger partial charge in [0.15, 0.2) is 0 Å². The number of hydrogen-bond acceptors (Lipinski definition) is 7. The summed E-state index contributed by atoms with van der Waals surface area (Å²) in [6, 6.07) is -1.25. The zero-order chi connectivity index (χ0) is 17.5. The average molecular weight is 317 g/mol. The first-order valence-electron chi connectivity index (χ1n) is 6.71. The largest absolute Gasteiger partial charge is 0.469 e. The van der Waals surface area contributed by atoms with Gasteiger partial charge in [0, 0.05) is 13.3 Å². The Morgan fingerprint density at radius 1 is 1.05 bits per heavy atom. The molecule has 0 heterocycles. The summed E-state index contributed by atoms with van der Waals surface area (Å²) >= 11 is 0. The molecule has 0 aliphatic rings. The van der Waals surface area contributed by atoms with Gasteiger partial charge in [-0.1, -0.05) is 0 Å². The Labute approximate surface area is 129 Å². The van der Waals surface area contributed by atoms with Gasteiger partial charge in [-0.05, 0) is 27.2 Å². The Balaban J connectivity index is 5.31. The van der Waals surface area contributed by atoms with E-state index in [1.807, 2.05) is 0 Å². The Morgan fingerprint density at radius 2 is 1.59 bits per heavy atom. The molecule has 0 saturated carbocycles. The second-order valence-electron chi connectivity index (χ2n) is 5.52. The highest BCUT2D eigenvalue weighted by Gasteiger charge is 2.36. The van der Waals surface area contributed by atoms with Crippen molar-refractivity contribution in [2.75, 3.05) is 14.2 Å². The lowest BCUT2D eigenvalue weighted by Crippen LogP contribution is -2.50. The fraction of sp³-hybridized carbons (Fsp3) is 0.714.